The Morgan fingerprint density at radius 2 is 2.00 bits per heavy atom. The molecule has 2 nitrogen and oxygen atoms in total. The summed E-state index contributed by atoms with van der Waals surface area (Å²) in [7, 11) is 0. The topological polar surface area (TPSA) is 15.3 Å². The van der Waals surface area contributed by atoms with Crippen molar-refractivity contribution in [3.63, 3.8) is 0 Å². The maximum absolute atomic E-state index is 3.58. The standard InChI is InChI=1S/C10H20N2/c1-10(2,3)12-7-5-8-9(12)4-6-11-8/h8-9,11H,4-7H2,1-3H3/t8-,9-/m0/s1. The largest absolute Gasteiger partial charge is 0.312 e. The molecule has 0 bridgehead atoms. The molecule has 12 heavy (non-hydrogen) atoms. The van der Waals surface area contributed by atoms with Gasteiger partial charge in [0.1, 0.15) is 0 Å². The summed E-state index contributed by atoms with van der Waals surface area (Å²) in [6.07, 6.45) is 2.70. The summed E-state index contributed by atoms with van der Waals surface area (Å²) in [6, 6.07) is 1.62. The first kappa shape index (κ1) is 8.52. The summed E-state index contributed by atoms with van der Waals surface area (Å²) in [4.78, 5) is 2.66. The van der Waals surface area contributed by atoms with Crippen LogP contribution in [-0.2, 0) is 0 Å². The third-order valence-electron chi connectivity index (χ3n) is 3.25. The molecule has 2 atom stereocenters. The van der Waals surface area contributed by atoms with Gasteiger partial charge in [0, 0.05) is 24.2 Å². The highest BCUT2D eigenvalue weighted by Crippen LogP contribution is 2.30. The van der Waals surface area contributed by atoms with Crippen LogP contribution in [-0.4, -0.2) is 35.6 Å². The van der Waals surface area contributed by atoms with Crippen molar-refractivity contribution in [3.05, 3.63) is 0 Å². The van der Waals surface area contributed by atoms with Crippen molar-refractivity contribution >= 4 is 0 Å². The number of nitrogens with zero attached hydrogens (tertiary/aromatic N) is 1. The monoisotopic (exact) mass is 168 g/mol. The molecule has 2 heterocycles. The first-order chi connectivity index (χ1) is 5.59. The molecule has 0 amide bonds. The van der Waals surface area contributed by atoms with Gasteiger partial charge in [0.15, 0.2) is 0 Å². The molecule has 0 saturated carbocycles. The average Bonchev–Trinajstić information content (AvgIpc) is 2.37. The van der Waals surface area contributed by atoms with Crippen LogP contribution < -0.4 is 5.32 Å². The smallest absolute Gasteiger partial charge is 0.0267 e. The van der Waals surface area contributed by atoms with Crippen molar-refractivity contribution in [1.29, 1.82) is 0 Å². The number of hydrogen-bond acceptors (Lipinski definition) is 2. The second kappa shape index (κ2) is 2.71. The fraction of sp³-hybridized carbons (Fsp3) is 1.00. The normalized spacial score (nSPS) is 37.2. The molecule has 0 aliphatic carbocycles. The van der Waals surface area contributed by atoms with E-state index < -0.39 is 0 Å². The summed E-state index contributed by atoms with van der Waals surface area (Å²) in [5.74, 6) is 0. The highest BCUT2D eigenvalue weighted by atomic mass is 15.3. The molecule has 2 heteroatoms. The quantitative estimate of drug-likeness (QED) is 0.585. The van der Waals surface area contributed by atoms with E-state index in [1.165, 1.54) is 25.9 Å². The van der Waals surface area contributed by atoms with Crippen LogP contribution in [0.15, 0.2) is 0 Å². The van der Waals surface area contributed by atoms with E-state index in [0.717, 1.165) is 12.1 Å². The van der Waals surface area contributed by atoms with Crippen molar-refractivity contribution in [2.24, 2.45) is 0 Å². The third kappa shape index (κ3) is 1.27. The molecule has 2 saturated heterocycles. The Labute approximate surface area is 75.3 Å². The minimum absolute atomic E-state index is 0.367. The molecular weight excluding hydrogens is 148 g/mol. The molecule has 2 fully saturated rings. The van der Waals surface area contributed by atoms with E-state index >= 15 is 0 Å². The summed E-state index contributed by atoms with van der Waals surface area (Å²) in [6.45, 7) is 9.49. The van der Waals surface area contributed by atoms with Crippen LogP contribution in [0.1, 0.15) is 33.6 Å². The predicted octanol–water partition coefficient (Wildman–Crippen LogP) is 1.22. The van der Waals surface area contributed by atoms with Gasteiger partial charge in [0.25, 0.3) is 0 Å². The van der Waals surface area contributed by atoms with Gasteiger partial charge in [-0.25, -0.2) is 0 Å². The van der Waals surface area contributed by atoms with Crippen molar-refractivity contribution in [3.8, 4) is 0 Å². The number of likely N-dealkylation sites (tertiary alicyclic amines) is 1. The molecule has 1 N–H and O–H groups in total. The highest BCUT2D eigenvalue weighted by molar-refractivity contribution is 5.00. The van der Waals surface area contributed by atoms with Gasteiger partial charge < -0.3 is 5.32 Å². The van der Waals surface area contributed by atoms with Gasteiger partial charge in [-0.1, -0.05) is 0 Å². The van der Waals surface area contributed by atoms with Crippen LogP contribution in [0.3, 0.4) is 0 Å². The van der Waals surface area contributed by atoms with E-state index in [1.54, 1.807) is 0 Å². The summed E-state index contributed by atoms with van der Waals surface area (Å²) >= 11 is 0. The van der Waals surface area contributed by atoms with E-state index in [2.05, 4.69) is 31.0 Å². The van der Waals surface area contributed by atoms with Gasteiger partial charge in [-0.05, 0) is 40.2 Å². The second-order valence-electron chi connectivity index (χ2n) is 5.07. The van der Waals surface area contributed by atoms with Crippen LogP contribution in [0.4, 0.5) is 0 Å². The third-order valence-corrected chi connectivity index (χ3v) is 3.25. The average molecular weight is 168 g/mol. The zero-order valence-electron chi connectivity index (χ0n) is 8.43. The van der Waals surface area contributed by atoms with Crippen LogP contribution >= 0.6 is 0 Å². The molecular formula is C10H20N2. The fourth-order valence-corrected chi connectivity index (χ4v) is 2.70. The van der Waals surface area contributed by atoms with Crippen LogP contribution in [0.5, 0.6) is 0 Å². The van der Waals surface area contributed by atoms with Crippen molar-refractivity contribution in [1.82, 2.24) is 10.2 Å². The Kier molecular flexibility index (Phi) is 1.92. The molecule has 2 aliphatic heterocycles. The Morgan fingerprint density at radius 1 is 1.25 bits per heavy atom. The van der Waals surface area contributed by atoms with E-state index in [0.29, 0.717) is 5.54 Å². The molecule has 0 aromatic carbocycles. The molecule has 0 radical (unpaired) electrons. The zero-order valence-corrected chi connectivity index (χ0v) is 8.43. The van der Waals surface area contributed by atoms with E-state index in [-0.39, 0.29) is 0 Å². The Hall–Kier alpha value is -0.0800. The van der Waals surface area contributed by atoms with Gasteiger partial charge in [0.2, 0.25) is 0 Å². The molecule has 70 valence electrons. The van der Waals surface area contributed by atoms with Crippen molar-refractivity contribution in [2.75, 3.05) is 13.1 Å². The maximum Gasteiger partial charge on any atom is 0.0267 e. The van der Waals surface area contributed by atoms with E-state index in [1.807, 2.05) is 0 Å². The lowest BCUT2D eigenvalue weighted by atomic mass is 10.0. The summed E-state index contributed by atoms with van der Waals surface area (Å²) < 4.78 is 0. The molecule has 0 spiro atoms. The van der Waals surface area contributed by atoms with Gasteiger partial charge in [0.05, 0.1) is 0 Å². The number of hydrogen-bond donors (Lipinski definition) is 1. The summed E-state index contributed by atoms with van der Waals surface area (Å²) in [5, 5.41) is 3.58. The van der Waals surface area contributed by atoms with Gasteiger partial charge in [-0.2, -0.15) is 0 Å². The van der Waals surface area contributed by atoms with Crippen LogP contribution in [0.2, 0.25) is 0 Å². The minimum atomic E-state index is 0.367. The van der Waals surface area contributed by atoms with E-state index in [9.17, 15) is 0 Å². The molecule has 0 unspecified atom stereocenters. The second-order valence-corrected chi connectivity index (χ2v) is 5.07. The Bertz CT molecular complexity index is 171. The maximum atomic E-state index is 3.58. The Balaban J connectivity index is 2.09. The number of rotatable bonds is 0. The predicted molar refractivity (Wildman–Crippen MR) is 51.3 cm³/mol. The lowest BCUT2D eigenvalue weighted by Crippen LogP contribution is -2.46. The van der Waals surface area contributed by atoms with Crippen molar-refractivity contribution < 1.29 is 0 Å². The Morgan fingerprint density at radius 3 is 2.67 bits per heavy atom. The highest BCUT2D eigenvalue weighted by Gasteiger charge is 2.41. The SMILES string of the molecule is CC(C)(C)N1CC[C@@H]2NCC[C@@H]21. The zero-order chi connectivity index (χ0) is 8.77. The summed E-state index contributed by atoms with van der Waals surface area (Å²) in [5.41, 5.74) is 0.367. The lowest BCUT2D eigenvalue weighted by molar-refractivity contribution is 0.122. The van der Waals surface area contributed by atoms with Crippen LogP contribution in [0, 0.1) is 0 Å². The van der Waals surface area contributed by atoms with Crippen molar-refractivity contribution in [2.45, 2.75) is 51.2 Å². The molecule has 2 rings (SSSR count). The minimum Gasteiger partial charge on any atom is -0.312 e. The fourth-order valence-electron chi connectivity index (χ4n) is 2.70. The lowest BCUT2D eigenvalue weighted by Gasteiger charge is -2.36. The number of fused-ring (bicyclic) bond motifs is 1. The van der Waals surface area contributed by atoms with Gasteiger partial charge >= 0.3 is 0 Å². The van der Waals surface area contributed by atoms with E-state index in [4.69, 9.17) is 0 Å². The number of nitrogens with one attached hydrogen (secondary N) is 1. The first-order valence-corrected chi connectivity index (χ1v) is 5.09. The molecule has 0 aromatic heterocycles. The van der Waals surface area contributed by atoms with Gasteiger partial charge in [-0.3, -0.25) is 4.90 Å². The first-order valence-electron chi connectivity index (χ1n) is 5.09. The molecule has 2 aliphatic rings. The van der Waals surface area contributed by atoms with Gasteiger partial charge in [-0.15, -0.1) is 0 Å². The molecule has 0 aromatic rings. The van der Waals surface area contributed by atoms with Crippen LogP contribution in [0.25, 0.3) is 0 Å².